The van der Waals surface area contributed by atoms with Crippen LogP contribution in [0.25, 0.3) is 0 Å². The molecule has 0 aromatic rings. The summed E-state index contributed by atoms with van der Waals surface area (Å²) in [5, 5.41) is 3.38. The van der Waals surface area contributed by atoms with E-state index < -0.39 is 0 Å². The van der Waals surface area contributed by atoms with Gasteiger partial charge in [-0.05, 0) is 19.4 Å². The van der Waals surface area contributed by atoms with Gasteiger partial charge in [0, 0.05) is 6.04 Å². The first-order valence-electron chi connectivity index (χ1n) is 5.30. The molecule has 0 spiro atoms. The fraction of sp³-hybridized carbons (Fsp3) is 0.900. The lowest BCUT2D eigenvalue weighted by Gasteiger charge is -2.23. The minimum atomic E-state index is -0.290. The van der Waals surface area contributed by atoms with E-state index in [9.17, 15) is 4.79 Å². The molecule has 4 nitrogen and oxygen atoms in total. The maximum Gasteiger partial charge on any atom is 0.222 e. The van der Waals surface area contributed by atoms with Crippen molar-refractivity contribution < 1.29 is 9.53 Å². The van der Waals surface area contributed by atoms with Crippen LogP contribution in [0.4, 0.5) is 0 Å². The van der Waals surface area contributed by atoms with E-state index in [1.165, 1.54) is 19.3 Å². The van der Waals surface area contributed by atoms with E-state index in [4.69, 9.17) is 10.5 Å². The Labute approximate surface area is 85.2 Å². The smallest absolute Gasteiger partial charge is 0.222 e. The SMILES string of the molecule is CC(COCC1CCCCN1)C(N)=O. The maximum absolute atomic E-state index is 10.7. The van der Waals surface area contributed by atoms with Gasteiger partial charge in [0.2, 0.25) is 5.91 Å². The van der Waals surface area contributed by atoms with Crippen molar-refractivity contribution in [2.45, 2.75) is 32.2 Å². The lowest BCUT2D eigenvalue weighted by atomic mass is 10.1. The molecule has 0 radical (unpaired) electrons. The summed E-state index contributed by atoms with van der Waals surface area (Å²) in [5.41, 5.74) is 5.12. The van der Waals surface area contributed by atoms with Crippen LogP contribution in [0.15, 0.2) is 0 Å². The van der Waals surface area contributed by atoms with Crippen LogP contribution in [0, 0.1) is 5.92 Å². The molecule has 1 heterocycles. The van der Waals surface area contributed by atoms with Gasteiger partial charge < -0.3 is 15.8 Å². The molecule has 1 fully saturated rings. The number of rotatable bonds is 5. The Hall–Kier alpha value is -0.610. The Kier molecular flexibility index (Phi) is 4.90. The molecule has 4 heteroatoms. The number of hydrogen-bond acceptors (Lipinski definition) is 3. The van der Waals surface area contributed by atoms with Crippen LogP contribution in [-0.2, 0) is 9.53 Å². The Bertz CT molecular complexity index is 179. The van der Waals surface area contributed by atoms with E-state index in [2.05, 4.69) is 5.32 Å². The highest BCUT2D eigenvalue weighted by atomic mass is 16.5. The van der Waals surface area contributed by atoms with Crippen LogP contribution in [0.1, 0.15) is 26.2 Å². The zero-order valence-electron chi connectivity index (χ0n) is 8.79. The largest absolute Gasteiger partial charge is 0.379 e. The molecule has 2 atom stereocenters. The van der Waals surface area contributed by atoms with Gasteiger partial charge >= 0.3 is 0 Å². The van der Waals surface area contributed by atoms with Gasteiger partial charge in [0.15, 0.2) is 0 Å². The molecule has 1 saturated heterocycles. The van der Waals surface area contributed by atoms with E-state index in [0.717, 1.165) is 6.54 Å². The van der Waals surface area contributed by atoms with Gasteiger partial charge in [-0.1, -0.05) is 13.3 Å². The summed E-state index contributed by atoms with van der Waals surface area (Å²) < 4.78 is 5.43. The maximum atomic E-state index is 10.7. The molecule has 0 aliphatic carbocycles. The molecule has 82 valence electrons. The van der Waals surface area contributed by atoms with E-state index in [0.29, 0.717) is 19.3 Å². The second kappa shape index (κ2) is 5.98. The van der Waals surface area contributed by atoms with Crippen molar-refractivity contribution in [1.29, 1.82) is 0 Å². The highest BCUT2D eigenvalue weighted by Gasteiger charge is 2.14. The predicted octanol–water partition coefficient (Wildman–Crippen LogP) is 0.267. The molecular weight excluding hydrogens is 180 g/mol. The van der Waals surface area contributed by atoms with Crippen molar-refractivity contribution in [2.24, 2.45) is 11.7 Å². The van der Waals surface area contributed by atoms with E-state index in [1.807, 2.05) is 0 Å². The molecule has 1 aliphatic heterocycles. The van der Waals surface area contributed by atoms with Crippen LogP contribution >= 0.6 is 0 Å². The van der Waals surface area contributed by atoms with Crippen molar-refractivity contribution in [2.75, 3.05) is 19.8 Å². The first-order valence-corrected chi connectivity index (χ1v) is 5.30. The minimum Gasteiger partial charge on any atom is -0.379 e. The summed E-state index contributed by atoms with van der Waals surface area (Å²) in [7, 11) is 0. The molecule has 1 amide bonds. The molecular formula is C10H20N2O2. The lowest BCUT2D eigenvalue weighted by molar-refractivity contribution is -0.123. The van der Waals surface area contributed by atoms with Crippen LogP contribution < -0.4 is 11.1 Å². The summed E-state index contributed by atoms with van der Waals surface area (Å²) in [6.45, 7) is 4.00. The number of ether oxygens (including phenoxy) is 1. The summed E-state index contributed by atoms with van der Waals surface area (Å²) in [5.74, 6) is -0.472. The Morgan fingerprint density at radius 3 is 3.00 bits per heavy atom. The third-order valence-electron chi connectivity index (χ3n) is 2.58. The van der Waals surface area contributed by atoms with Crippen molar-refractivity contribution in [3.8, 4) is 0 Å². The fourth-order valence-electron chi connectivity index (χ4n) is 1.54. The molecule has 14 heavy (non-hydrogen) atoms. The van der Waals surface area contributed by atoms with Crippen molar-refractivity contribution in [3.63, 3.8) is 0 Å². The van der Waals surface area contributed by atoms with Gasteiger partial charge in [-0.3, -0.25) is 4.79 Å². The Morgan fingerprint density at radius 1 is 1.64 bits per heavy atom. The number of primary amides is 1. The van der Waals surface area contributed by atoms with E-state index in [1.54, 1.807) is 6.92 Å². The zero-order chi connectivity index (χ0) is 10.4. The fourth-order valence-corrected chi connectivity index (χ4v) is 1.54. The second-order valence-electron chi connectivity index (χ2n) is 3.99. The number of nitrogens with two attached hydrogens (primary N) is 1. The van der Waals surface area contributed by atoms with Crippen molar-refractivity contribution in [3.05, 3.63) is 0 Å². The highest BCUT2D eigenvalue weighted by molar-refractivity contribution is 5.76. The quantitative estimate of drug-likeness (QED) is 0.669. The van der Waals surface area contributed by atoms with Crippen LogP contribution in [0.2, 0.25) is 0 Å². The molecule has 0 saturated carbocycles. The minimum absolute atomic E-state index is 0.182. The third kappa shape index (κ3) is 4.07. The predicted molar refractivity (Wildman–Crippen MR) is 54.8 cm³/mol. The number of piperidine rings is 1. The van der Waals surface area contributed by atoms with Crippen molar-refractivity contribution in [1.82, 2.24) is 5.32 Å². The van der Waals surface area contributed by atoms with Crippen LogP contribution in [0.3, 0.4) is 0 Å². The van der Waals surface area contributed by atoms with Crippen LogP contribution in [-0.4, -0.2) is 31.7 Å². The molecule has 1 aliphatic rings. The van der Waals surface area contributed by atoms with Gasteiger partial charge in [-0.2, -0.15) is 0 Å². The van der Waals surface area contributed by atoms with E-state index >= 15 is 0 Å². The molecule has 2 unspecified atom stereocenters. The van der Waals surface area contributed by atoms with Crippen LogP contribution in [0.5, 0.6) is 0 Å². The first-order chi connectivity index (χ1) is 6.70. The topological polar surface area (TPSA) is 64.3 Å². The summed E-state index contributed by atoms with van der Waals surface area (Å²) >= 11 is 0. The van der Waals surface area contributed by atoms with Gasteiger partial charge in [-0.25, -0.2) is 0 Å². The highest BCUT2D eigenvalue weighted by Crippen LogP contribution is 2.07. The Morgan fingerprint density at radius 2 is 2.43 bits per heavy atom. The number of hydrogen-bond donors (Lipinski definition) is 2. The number of nitrogens with one attached hydrogen (secondary N) is 1. The monoisotopic (exact) mass is 200 g/mol. The summed E-state index contributed by atoms with van der Waals surface area (Å²) in [4.78, 5) is 10.7. The van der Waals surface area contributed by atoms with Gasteiger partial charge in [0.05, 0.1) is 19.1 Å². The molecule has 0 aromatic heterocycles. The second-order valence-corrected chi connectivity index (χ2v) is 3.99. The van der Waals surface area contributed by atoms with Gasteiger partial charge in [-0.15, -0.1) is 0 Å². The lowest BCUT2D eigenvalue weighted by Crippen LogP contribution is -2.38. The summed E-state index contributed by atoms with van der Waals surface area (Å²) in [6.07, 6.45) is 3.70. The standard InChI is InChI=1S/C10H20N2O2/c1-8(10(11)13)6-14-7-9-4-2-3-5-12-9/h8-9,12H,2-7H2,1H3,(H2,11,13). The molecule has 0 bridgehead atoms. The molecule has 1 rings (SSSR count). The first kappa shape index (κ1) is 11.5. The van der Waals surface area contributed by atoms with Crippen molar-refractivity contribution >= 4 is 5.91 Å². The number of carbonyl (C=O) groups is 1. The average Bonchev–Trinajstić information content (AvgIpc) is 2.19. The average molecular weight is 200 g/mol. The number of carbonyl (C=O) groups excluding carboxylic acids is 1. The van der Waals surface area contributed by atoms with E-state index in [-0.39, 0.29) is 11.8 Å². The number of amides is 1. The normalized spacial score (nSPS) is 24.5. The molecule has 3 N–H and O–H groups in total. The summed E-state index contributed by atoms with van der Waals surface area (Å²) in [6, 6.07) is 0.462. The zero-order valence-corrected chi connectivity index (χ0v) is 8.79. The Balaban J connectivity index is 2.05. The van der Waals surface area contributed by atoms with Gasteiger partial charge in [0.1, 0.15) is 0 Å². The third-order valence-corrected chi connectivity index (χ3v) is 2.58. The van der Waals surface area contributed by atoms with Gasteiger partial charge in [0.25, 0.3) is 0 Å². The molecule has 0 aromatic carbocycles.